The minimum atomic E-state index is -0.207. The Hall–Kier alpha value is -2.76. The Morgan fingerprint density at radius 2 is 2.14 bits per heavy atom. The van der Waals surface area contributed by atoms with Crippen molar-refractivity contribution in [2.24, 2.45) is 0 Å². The van der Waals surface area contributed by atoms with Gasteiger partial charge in [-0.3, -0.25) is 4.79 Å². The molecule has 2 heterocycles. The molecule has 0 spiro atoms. The minimum Gasteiger partial charge on any atom is -0.307 e. The summed E-state index contributed by atoms with van der Waals surface area (Å²) in [5, 5.41) is 10.9. The number of carbonyl (C=O) groups excluding carboxylic acids is 1. The fraction of sp³-hybridized carbons (Fsp3) is 0.200. The summed E-state index contributed by atoms with van der Waals surface area (Å²) in [5.41, 5.74) is 3.02. The van der Waals surface area contributed by atoms with Crippen LogP contribution < -0.4 is 5.32 Å². The highest BCUT2D eigenvalue weighted by molar-refractivity contribution is 6.05. The third kappa shape index (κ3) is 2.60. The third-order valence-electron chi connectivity index (χ3n) is 3.21. The van der Waals surface area contributed by atoms with Crippen LogP contribution in [0.4, 0.5) is 5.82 Å². The van der Waals surface area contributed by atoms with Crippen LogP contribution in [0.3, 0.4) is 0 Å². The molecule has 6 nitrogen and oxygen atoms in total. The molecule has 6 heteroatoms. The van der Waals surface area contributed by atoms with Gasteiger partial charge in [-0.1, -0.05) is 11.3 Å². The number of aryl methyl sites for hydroxylation is 2. The average Bonchev–Trinajstić information content (AvgIpc) is 2.89. The van der Waals surface area contributed by atoms with Crippen molar-refractivity contribution in [2.75, 3.05) is 5.32 Å². The number of carbonyl (C=O) groups is 1. The molecule has 3 rings (SSSR count). The van der Waals surface area contributed by atoms with Gasteiger partial charge >= 0.3 is 0 Å². The number of rotatable bonds is 3. The summed E-state index contributed by atoms with van der Waals surface area (Å²) >= 11 is 0. The van der Waals surface area contributed by atoms with Crippen molar-refractivity contribution in [2.45, 2.75) is 20.4 Å². The third-order valence-corrected chi connectivity index (χ3v) is 3.21. The number of nitrogens with one attached hydrogen (secondary N) is 1. The summed E-state index contributed by atoms with van der Waals surface area (Å²) in [6.07, 6.45) is 0. The van der Waals surface area contributed by atoms with Crippen molar-refractivity contribution in [3.63, 3.8) is 0 Å². The number of hydrogen-bond donors (Lipinski definition) is 1. The molecule has 0 unspecified atom stereocenters. The van der Waals surface area contributed by atoms with Crippen LogP contribution in [0.5, 0.6) is 0 Å². The van der Waals surface area contributed by atoms with Crippen LogP contribution >= 0.6 is 0 Å². The Bertz CT molecular complexity index is 809. The fourth-order valence-corrected chi connectivity index (χ4v) is 2.15. The van der Waals surface area contributed by atoms with E-state index in [1.54, 1.807) is 22.9 Å². The second kappa shape index (κ2) is 5.32. The molecular weight excluding hydrogens is 266 g/mol. The van der Waals surface area contributed by atoms with Crippen LogP contribution in [0, 0.1) is 6.92 Å². The highest BCUT2D eigenvalue weighted by atomic mass is 16.1. The lowest BCUT2D eigenvalue weighted by molar-refractivity contribution is 0.102. The molecule has 0 atom stereocenters. The minimum absolute atomic E-state index is 0.207. The number of fused-ring (bicyclic) bond motifs is 1. The number of nitrogens with zero attached hydrogens (tertiary/aromatic N) is 4. The van der Waals surface area contributed by atoms with Gasteiger partial charge in [0, 0.05) is 17.8 Å². The molecule has 0 saturated carbocycles. The zero-order chi connectivity index (χ0) is 14.8. The van der Waals surface area contributed by atoms with Gasteiger partial charge in [0.2, 0.25) is 0 Å². The van der Waals surface area contributed by atoms with Gasteiger partial charge < -0.3 is 5.32 Å². The highest BCUT2D eigenvalue weighted by Crippen LogP contribution is 2.15. The Morgan fingerprint density at radius 1 is 1.29 bits per heavy atom. The molecule has 2 aromatic heterocycles. The first kappa shape index (κ1) is 13.2. The van der Waals surface area contributed by atoms with Crippen molar-refractivity contribution in [1.82, 2.24) is 20.0 Å². The number of hydrogen-bond acceptors (Lipinski definition) is 4. The van der Waals surface area contributed by atoms with Gasteiger partial charge in [0.15, 0.2) is 0 Å². The molecule has 1 amide bonds. The molecule has 1 N–H and O–H groups in total. The smallest absolute Gasteiger partial charge is 0.256 e. The number of anilines is 1. The van der Waals surface area contributed by atoms with E-state index in [0.717, 1.165) is 17.8 Å². The average molecular weight is 281 g/mol. The molecular formula is C15H15N5O. The Morgan fingerprint density at radius 3 is 2.90 bits per heavy atom. The van der Waals surface area contributed by atoms with Gasteiger partial charge in [0.05, 0.1) is 5.52 Å². The van der Waals surface area contributed by atoms with Gasteiger partial charge in [-0.25, -0.2) is 9.67 Å². The number of amides is 1. The lowest BCUT2D eigenvalue weighted by Crippen LogP contribution is -2.13. The van der Waals surface area contributed by atoms with Crippen LogP contribution in [-0.4, -0.2) is 25.9 Å². The maximum atomic E-state index is 12.2. The Kier molecular flexibility index (Phi) is 3.35. The van der Waals surface area contributed by atoms with E-state index in [-0.39, 0.29) is 5.91 Å². The van der Waals surface area contributed by atoms with Crippen LogP contribution in [0.15, 0.2) is 36.4 Å². The maximum absolute atomic E-state index is 12.2. The second-order valence-corrected chi connectivity index (χ2v) is 4.73. The summed E-state index contributed by atoms with van der Waals surface area (Å²) < 4.78 is 1.79. The van der Waals surface area contributed by atoms with Gasteiger partial charge in [-0.2, -0.15) is 0 Å². The first-order valence-electron chi connectivity index (χ1n) is 6.75. The Balaban J connectivity index is 1.87. The normalized spacial score (nSPS) is 10.8. The molecule has 21 heavy (non-hydrogen) atoms. The van der Waals surface area contributed by atoms with Crippen molar-refractivity contribution >= 4 is 22.8 Å². The van der Waals surface area contributed by atoms with Crippen molar-refractivity contribution < 1.29 is 4.79 Å². The van der Waals surface area contributed by atoms with E-state index in [4.69, 9.17) is 0 Å². The summed E-state index contributed by atoms with van der Waals surface area (Å²) in [6.45, 7) is 4.62. The number of pyridine rings is 1. The largest absolute Gasteiger partial charge is 0.307 e. The lowest BCUT2D eigenvalue weighted by Gasteiger charge is -2.05. The van der Waals surface area contributed by atoms with Gasteiger partial charge in [0.1, 0.15) is 11.3 Å². The second-order valence-electron chi connectivity index (χ2n) is 4.73. The molecule has 0 aliphatic rings. The first-order valence-corrected chi connectivity index (χ1v) is 6.75. The monoisotopic (exact) mass is 281 g/mol. The summed E-state index contributed by atoms with van der Waals surface area (Å²) in [6, 6.07) is 10.9. The number of benzene rings is 1. The lowest BCUT2D eigenvalue weighted by atomic mass is 10.2. The molecule has 0 bridgehead atoms. The summed E-state index contributed by atoms with van der Waals surface area (Å²) in [5.74, 6) is 0.332. The first-order chi connectivity index (χ1) is 10.2. The van der Waals surface area contributed by atoms with E-state index >= 15 is 0 Å². The predicted molar refractivity (Wildman–Crippen MR) is 80.1 cm³/mol. The molecule has 106 valence electrons. The van der Waals surface area contributed by atoms with Crippen LogP contribution in [-0.2, 0) is 6.54 Å². The van der Waals surface area contributed by atoms with E-state index in [2.05, 4.69) is 20.6 Å². The van der Waals surface area contributed by atoms with E-state index in [0.29, 0.717) is 16.9 Å². The zero-order valence-electron chi connectivity index (χ0n) is 11.9. The molecule has 3 aromatic rings. The molecule has 1 aromatic carbocycles. The molecule has 0 aliphatic carbocycles. The quantitative estimate of drug-likeness (QED) is 0.800. The van der Waals surface area contributed by atoms with Gasteiger partial charge in [-0.15, -0.1) is 5.10 Å². The van der Waals surface area contributed by atoms with Crippen molar-refractivity contribution in [1.29, 1.82) is 0 Å². The van der Waals surface area contributed by atoms with E-state index < -0.39 is 0 Å². The highest BCUT2D eigenvalue weighted by Gasteiger charge is 2.10. The van der Waals surface area contributed by atoms with Crippen molar-refractivity contribution in [3.05, 3.63) is 47.7 Å². The summed E-state index contributed by atoms with van der Waals surface area (Å²) in [7, 11) is 0. The topological polar surface area (TPSA) is 72.7 Å². The van der Waals surface area contributed by atoms with E-state index in [1.165, 1.54) is 0 Å². The standard InChI is InChI=1S/C15H15N5O/c1-3-20-13-8-7-11(9-12(13)18-19-20)15(21)17-14-6-4-5-10(2)16-14/h4-9H,3H2,1-2H3,(H,16,17,21). The molecule has 0 fully saturated rings. The zero-order valence-corrected chi connectivity index (χ0v) is 11.9. The van der Waals surface area contributed by atoms with Crippen LogP contribution in [0.1, 0.15) is 23.0 Å². The van der Waals surface area contributed by atoms with Gasteiger partial charge in [-0.05, 0) is 44.2 Å². The molecule has 0 radical (unpaired) electrons. The fourth-order valence-electron chi connectivity index (χ4n) is 2.15. The SMILES string of the molecule is CCn1nnc2cc(C(=O)Nc3cccc(C)n3)ccc21. The van der Waals surface area contributed by atoms with Crippen molar-refractivity contribution in [3.8, 4) is 0 Å². The van der Waals surface area contributed by atoms with Crippen LogP contribution in [0.2, 0.25) is 0 Å². The predicted octanol–water partition coefficient (Wildman–Crippen LogP) is 2.41. The maximum Gasteiger partial charge on any atom is 0.256 e. The number of aromatic nitrogens is 4. The molecule has 0 saturated heterocycles. The van der Waals surface area contributed by atoms with Crippen LogP contribution in [0.25, 0.3) is 11.0 Å². The van der Waals surface area contributed by atoms with E-state index in [1.807, 2.05) is 32.0 Å². The molecule has 0 aliphatic heterocycles. The summed E-state index contributed by atoms with van der Waals surface area (Å²) in [4.78, 5) is 16.5. The van der Waals surface area contributed by atoms with Gasteiger partial charge in [0.25, 0.3) is 5.91 Å². The van der Waals surface area contributed by atoms with E-state index in [9.17, 15) is 4.79 Å². The Labute approximate surface area is 121 Å².